The van der Waals surface area contributed by atoms with Crippen molar-refractivity contribution >= 4 is 21.6 Å². The molecule has 152 valence electrons. The number of hydrogen-bond donors (Lipinski definition) is 1. The fourth-order valence-electron chi connectivity index (χ4n) is 2.82. The number of amides is 1. The summed E-state index contributed by atoms with van der Waals surface area (Å²) in [4.78, 5) is 12.4. The van der Waals surface area contributed by atoms with Crippen LogP contribution in [0.15, 0.2) is 47.4 Å². The molecule has 8 nitrogen and oxygen atoms in total. The van der Waals surface area contributed by atoms with Gasteiger partial charge >= 0.3 is 0 Å². The minimum absolute atomic E-state index is 0.114. The zero-order valence-electron chi connectivity index (χ0n) is 15.9. The molecule has 0 bridgehead atoms. The molecule has 1 amide bonds. The summed E-state index contributed by atoms with van der Waals surface area (Å²) < 4.78 is 37.6. The second-order valence-corrected chi connectivity index (χ2v) is 8.41. The number of aryl methyl sites for hydroxylation is 1. The van der Waals surface area contributed by atoms with Crippen molar-refractivity contribution in [3.8, 4) is 11.8 Å². The van der Waals surface area contributed by atoms with Crippen LogP contribution in [0.1, 0.15) is 11.1 Å². The van der Waals surface area contributed by atoms with Crippen molar-refractivity contribution in [2.45, 2.75) is 11.8 Å². The molecule has 1 fully saturated rings. The van der Waals surface area contributed by atoms with Gasteiger partial charge in [0.25, 0.3) is 5.91 Å². The molecule has 0 aliphatic carbocycles. The van der Waals surface area contributed by atoms with E-state index in [1.807, 2.05) is 6.07 Å². The number of nitrogens with zero attached hydrogens (tertiary/aromatic N) is 2. The van der Waals surface area contributed by atoms with Crippen molar-refractivity contribution in [2.24, 2.45) is 0 Å². The van der Waals surface area contributed by atoms with Crippen molar-refractivity contribution in [2.75, 3.05) is 38.2 Å². The number of nitrogens with one attached hydrogen (secondary N) is 1. The maximum absolute atomic E-state index is 12.8. The average Bonchev–Trinajstić information content (AvgIpc) is 2.74. The van der Waals surface area contributed by atoms with Crippen LogP contribution in [0.2, 0.25) is 0 Å². The fraction of sp³-hybridized carbons (Fsp3) is 0.300. The predicted octanol–water partition coefficient (Wildman–Crippen LogP) is 1.91. The van der Waals surface area contributed by atoms with Gasteiger partial charge in [0.15, 0.2) is 6.61 Å². The van der Waals surface area contributed by atoms with Crippen LogP contribution in [0.4, 0.5) is 5.69 Å². The maximum Gasteiger partial charge on any atom is 0.262 e. The van der Waals surface area contributed by atoms with E-state index in [1.165, 1.54) is 22.5 Å². The highest BCUT2D eigenvalue weighted by Crippen LogP contribution is 2.23. The first-order valence-electron chi connectivity index (χ1n) is 9.01. The van der Waals surface area contributed by atoms with Gasteiger partial charge in [0.2, 0.25) is 10.0 Å². The van der Waals surface area contributed by atoms with Crippen molar-refractivity contribution in [1.82, 2.24) is 4.31 Å². The van der Waals surface area contributed by atoms with E-state index < -0.39 is 15.9 Å². The number of benzene rings is 2. The van der Waals surface area contributed by atoms with Gasteiger partial charge in [-0.2, -0.15) is 9.57 Å². The summed E-state index contributed by atoms with van der Waals surface area (Å²) in [5.74, 6) is -0.0315. The number of rotatable bonds is 6. The Bertz CT molecular complexity index is 1040. The quantitative estimate of drug-likeness (QED) is 0.772. The molecule has 0 saturated carbocycles. The Kier molecular flexibility index (Phi) is 6.49. The first kappa shape index (κ1) is 20.8. The van der Waals surface area contributed by atoms with Crippen LogP contribution in [0.5, 0.6) is 5.75 Å². The number of hydrogen-bond acceptors (Lipinski definition) is 6. The summed E-state index contributed by atoms with van der Waals surface area (Å²) in [6.07, 6.45) is 0. The van der Waals surface area contributed by atoms with E-state index in [9.17, 15) is 13.2 Å². The minimum Gasteiger partial charge on any atom is -0.484 e. The van der Waals surface area contributed by atoms with Crippen LogP contribution in [-0.2, 0) is 19.6 Å². The largest absolute Gasteiger partial charge is 0.484 e. The molecular formula is C20H21N3O5S. The molecule has 0 radical (unpaired) electrons. The first-order valence-corrected chi connectivity index (χ1v) is 10.5. The van der Waals surface area contributed by atoms with Gasteiger partial charge in [0.1, 0.15) is 5.75 Å². The lowest BCUT2D eigenvalue weighted by Gasteiger charge is -2.26. The fourth-order valence-corrected chi connectivity index (χ4v) is 4.26. The normalized spacial score (nSPS) is 14.8. The van der Waals surface area contributed by atoms with Crippen LogP contribution in [0.3, 0.4) is 0 Å². The number of carbonyl (C=O) groups excluding carboxylic acids is 1. The van der Waals surface area contributed by atoms with E-state index >= 15 is 0 Å². The van der Waals surface area contributed by atoms with Crippen LogP contribution in [0.25, 0.3) is 0 Å². The highest BCUT2D eigenvalue weighted by molar-refractivity contribution is 7.89. The SMILES string of the molecule is Cc1ccc(S(=O)(=O)N2CCOCC2)cc1NC(=O)COc1cccc(C#N)c1. The number of sulfonamides is 1. The second kappa shape index (κ2) is 9.05. The van der Waals surface area contributed by atoms with Crippen LogP contribution < -0.4 is 10.1 Å². The van der Waals surface area contributed by atoms with Crippen molar-refractivity contribution in [3.05, 3.63) is 53.6 Å². The Morgan fingerprint density at radius 3 is 2.72 bits per heavy atom. The van der Waals surface area contributed by atoms with Crippen LogP contribution >= 0.6 is 0 Å². The summed E-state index contributed by atoms with van der Waals surface area (Å²) in [7, 11) is -3.66. The minimum atomic E-state index is -3.66. The molecule has 1 heterocycles. The van der Waals surface area contributed by atoms with Gasteiger partial charge in [0.05, 0.1) is 29.7 Å². The van der Waals surface area contributed by atoms with E-state index in [1.54, 1.807) is 31.2 Å². The molecule has 1 aliphatic rings. The smallest absolute Gasteiger partial charge is 0.262 e. The van der Waals surface area contributed by atoms with Crippen molar-refractivity contribution in [3.63, 3.8) is 0 Å². The Morgan fingerprint density at radius 2 is 2.00 bits per heavy atom. The number of anilines is 1. The Hall–Kier alpha value is -2.93. The van der Waals surface area contributed by atoms with Gasteiger partial charge < -0.3 is 14.8 Å². The lowest BCUT2D eigenvalue weighted by molar-refractivity contribution is -0.118. The van der Waals surface area contributed by atoms with Crippen molar-refractivity contribution in [1.29, 1.82) is 5.26 Å². The van der Waals surface area contributed by atoms with Gasteiger partial charge in [-0.1, -0.05) is 12.1 Å². The molecule has 2 aromatic rings. The molecule has 0 spiro atoms. The van der Waals surface area contributed by atoms with Crippen molar-refractivity contribution < 1.29 is 22.7 Å². The molecule has 1 saturated heterocycles. The number of carbonyl (C=O) groups is 1. The first-order chi connectivity index (χ1) is 13.9. The monoisotopic (exact) mass is 415 g/mol. The molecule has 9 heteroatoms. The summed E-state index contributed by atoms with van der Waals surface area (Å²) in [6, 6.07) is 13.1. The third-order valence-electron chi connectivity index (χ3n) is 4.42. The molecule has 0 unspecified atom stereocenters. The summed E-state index contributed by atoms with van der Waals surface area (Å²) in [5.41, 5.74) is 1.56. The van der Waals surface area contributed by atoms with Crippen LogP contribution in [0, 0.1) is 18.3 Å². The third kappa shape index (κ3) is 5.12. The van der Waals surface area contributed by atoms with Gasteiger partial charge in [-0.3, -0.25) is 4.79 Å². The topological polar surface area (TPSA) is 109 Å². The van der Waals surface area contributed by atoms with E-state index in [2.05, 4.69) is 5.32 Å². The van der Waals surface area contributed by atoms with E-state index in [0.717, 1.165) is 5.56 Å². The molecule has 0 aromatic heterocycles. The zero-order valence-corrected chi connectivity index (χ0v) is 16.7. The van der Waals surface area contributed by atoms with Gasteiger partial charge in [-0.05, 0) is 42.8 Å². The molecule has 1 N–H and O–H groups in total. The highest BCUT2D eigenvalue weighted by atomic mass is 32.2. The lowest BCUT2D eigenvalue weighted by atomic mass is 10.2. The maximum atomic E-state index is 12.8. The average molecular weight is 415 g/mol. The summed E-state index contributed by atoms with van der Waals surface area (Å²) in [5, 5.41) is 11.6. The van der Waals surface area contributed by atoms with Gasteiger partial charge in [-0.15, -0.1) is 0 Å². The molecule has 0 atom stereocenters. The van der Waals surface area contributed by atoms with Gasteiger partial charge in [0, 0.05) is 18.8 Å². The standard InChI is InChI=1S/C20H21N3O5S/c1-15-5-6-18(29(25,26)23-7-9-27-10-8-23)12-19(15)22-20(24)14-28-17-4-2-3-16(11-17)13-21/h2-6,11-12H,7-10,14H2,1H3,(H,22,24). The second-order valence-electron chi connectivity index (χ2n) is 6.47. The predicted molar refractivity (Wildman–Crippen MR) is 106 cm³/mol. The Balaban J connectivity index is 1.69. The Labute approximate surface area is 169 Å². The molecule has 3 rings (SSSR count). The Morgan fingerprint density at radius 1 is 1.24 bits per heavy atom. The molecule has 2 aromatic carbocycles. The molecule has 1 aliphatic heterocycles. The number of ether oxygens (including phenoxy) is 2. The molecule has 29 heavy (non-hydrogen) atoms. The van der Waals surface area contributed by atoms with E-state index in [0.29, 0.717) is 43.3 Å². The van der Waals surface area contributed by atoms with Gasteiger partial charge in [-0.25, -0.2) is 8.42 Å². The van der Waals surface area contributed by atoms with Crippen LogP contribution in [-0.4, -0.2) is 51.5 Å². The summed E-state index contributed by atoms with van der Waals surface area (Å²) in [6.45, 7) is 2.83. The lowest BCUT2D eigenvalue weighted by Crippen LogP contribution is -2.40. The number of nitriles is 1. The van der Waals surface area contributed by atoms with E-state index in [4.69, 9.17) is 14.7 Å². The number of morpholine rings is 1. The molecular weight excluding hydrogens is 394 g/mol. The third-order valence-corrected chi connectivity index (χ3v) is 6.32. The highest BCUT2D eigenvalue weighted by Gasteiger charge is 2.26. The van der Waals surface area contributed by atoms with E-state index in [-0.39, 0.29) is 11.5 Å². The zero-order chi connectivity index (χ0) is 20.9. The summed E-state index contributed by atoms with van der Waals surface area (Å²) >= 11 is 0.